The van der Waals surface area contributed by atoms with E-state index in [2.05, 4.69) is 5.32 Å². The molecule has 1 amide bonds. The SMILES string of the molecule is CCOc1ccc(C(=O)Nc2cc(C)ccc2OC)cc1COc1ccc(Cl)cc1. The molecule has 6 heteroatoms. The molecule has 0 aliphatic carbocycles. The lowest BCUT2D eigenvalue weighted by Crippen LogP contribution is -2.14. The molecule has 0 radical (unpaired) electrons. The van der Waals surface area contributed by atoms with E-state index in [1.54, 1.807) is 49.6 Å². The van der Waals surface area contributed by atoms with E-state index >= 15 is 0 Å². The smallest absolute Gasteiger partial charge is 0.255 e. The Balaban J connectivity index is 1.81. The maximum absolute atomic E-state index is 12.9. The molecule has 3 aromatic carbocycles. The van der Waals surface area contributed by atoms with Gasteiger partial charge < -0.3 is 19.5 Å². The molecule has 0 aliphatic rings. The van der Waals surface area contributed by atoms with Crippen LogP contribution in [-0.2, 0) is 6.61 Å². The molecule has 0 atom stereocenters. The van der Waals surface area contributed by atoms with Crippen molar-refractivity contribution in [2.45, 2.75) is 20.5 Å². The molecule has 0 aliphatic heterocycles. The van der Waals surface area contributed by atoms with Gasteiger partial charge in [-0.15, -0.1) is 0 Å². The summed E-state index contributed by atoms with van der Waals surface area (Å²) in [4.78, 5) is 12.9. The Hall–Kier alpha value is -3.18. The van der Waals surface area contributed by atoms with Gasteiger partial charge in [0.15, 0.2) is 0 Å². The molecular weight excluding hydrogens is 402 g/mol. The minimum Gasteiger partial charge on any atom is -0.495 e. The Bertz CT molecular complexity index is 1020. The summed E-state index contributed by atoms with van der Waals surface area (Å²) in [5, 5.41) is 3.56. The Morgan fingerprint density at radius 2 is 1.70 bits per heavy atom. The van der Waals surface area contributed by atoms with Crippen LogP contribution in [0.15, 0.2) is 60.7 Å². The predicted molar refractivity (Wildman–Crippen MR) is 119 cm³/mol. The lowest BCUT2D eigenvalue weighted by molar-refractivity contribution is 0.102. The van der Waals surface area contributed by atoms with E-state index in [1.165, 1.54) is 0 Å². The van der Waals surface area contributed by atoms with Crippen LogP contribution in [0.5, 0.6) is 17.2 Å². The zero-order valence-corrected chi connectivity index (χ0v) is 18.0. The molecular formula is C24H24ClNO4. The summed E-state index contributed by atoms with van der Waals surface area (Å²) < 4.78 is 16.9. The topological polar surface area (TPSA) is 56.8 Å². The molecule has 3 rings (SSSR count). The molecule has 3 aromatic rings. The van der Waals surface area contributed by atoms with Crippen LogP contribution < -0.4 is 19.5 Å². The number of nitrogens with one attached hydrogen (secondary N) is 1. The van der Waals surface area contributed by atoms with Crippen molar-refractivity contribution in [2.75, 3.05) is 19.0 Å². The molecule has 0 fully saturated rings. The summed E-state index contributed by atoms with van der Waals surface area (Å²) in [7, 11) is 1.57. The minimum atomic E-state index is -0.241. The lowest BCUT2D eigenvalue weighted by atomic mass is 10.1. The minimum absolute atomic E-state index is 0.241. The highest BCUT2D eigenvalue weighted by atomic mass is 35.5. The van der Waals surface area contributed by atoms with Gasteiger partial charge in [-0.05, 0) is 74.0 Å². The molecule has 0 heterocycles. The molecule has 0 saturated carbocycles. The second-order valence-electron chi connectivity index (χ2n) is 6.66. The Kier molecular flexibility index (Phi) is 7.20. The van der Waals surface area contributed by atoms with Crippen LogP contribution in [0.4, 0.5) is 5.69 Å². The number of aryl methyl sites for hydroxylation is 1. The first-order valence-corrected chi connectivity index (χ1v) is 9.98. The van der Waals surface area contributed by atoms with Gasteiger partial charge in [-0.2, -0.15) is 0 Å². The lowest BCUT2D eigenvalue weighted by Gasteiger charge is -2.14. The maximum Gasteiger partial charge on any atom is 0.255 e. The van der Waals surface area contributed by atoms with Crippen LogP contribution in [0.2, 0.25) is 5.02 Å². The van der Waals surface area contributed by atoms with Gasteiger partial charge in [0.25, 0.3) is 5.91 Å². The van der Waals surface area contributed by atoms with E-state index in [0.717, 1.165) is 11.1 Å². The third-order valence-electron chi connectivity index (χ3n) is 4.43. The first kappa shape index (κ1) is 21.5. The molecule has 0 bridgehead atoms. The maximum atomic E-state index is 12.9. The Labute approximate surface area is 181 Å². The molecule has 5 nitrogen and oxygen atoms in total. The number of carbonyl (C=O) groups is 1. The van der Waals surface area contributed by atoms with Gasteiger partial charge in [-0.3, -0.25) is 4.79 Å². The zero-order valence-electron chi connectivity index (χ0n) is 17.2. The third-order valence-corrected chi connectivity index (χ3v) is 4.69. The van der Waals surface area contributed by atoms with Crippen LogP contribution in [0, 0.1) is 6.92 Å². The van der Waals surface area contributed by atoms with Crippen molar-refractivity contribution >= 4 is 23.2 Å². The van der Waals surface area contributed by atoms with Gasteiger partial charge in [0.05, 0.1) is 19.4 Å². The first-order chi connectivity index (χ1) is 14.5. The van der Waals surface area contributed by atoms with Crippen molar-refractivity contribution in [3.05, 3.63) is 82.4 Å². The number of anilines is 1. The van der Waals surface area contributed by atoms with Crippen molar-refractivity contribution in [3.63, 3.8) is 0 Å². The number of methoxy groups -OCH3 is 1. The van der Waals surface area contributed by atoms with Crippen molar-refractivity contribution in [2.24, 2.45) is 0 Å². The van der Waals surface area contributed by atoms with E-state index < -0.39 is 0 Å². The van der Waals surface area contributed by atoms with E-state index in [0.29, 0.717) is 40.1 Å². The summed E-state index contributed by atoms with van der Waals surface area (Å²) >= 11 is 5.92. The van der Waals surface area contributed by atoms with E-state index in [4.69, 9.17) is 25.8 Å². The normalized spacial score (nSPS) is 10.4. The number of benzene rings is 3. The Morgan fingerprint density at radius 3 is 2.40 bits per heavy atom. The second-order valence-corrected chi connectivity index (χ2v) is 7.09. The highest BCUT2D eigenvalue weighted by molar-refractivity contribution is 6.30. The van der Waals surface area contributed by atoms with Gasteiger partial charge >= 0.3 is 0 Å². The van der Waals surface area contributed by atoms with Crippen LogP contribution in [-0.4, -0.2) is 19.6 Å². The van der Waals surface area contributed by atoms with Crippen molar-refractivity contribution < 1.29 is 19.0 Å². The molecule has 1 N–H and O–H groups in total. The fourth-order valence-corrected chi connectivity index (χ4v) is 3.06. The number of amides is 1. The Morgan fingerprint density at radius 1 is 0.967 bits per heavy atom. The number of hydrogen-bond acceptors (Lipinski definition) is 4. The third kappa shape index (κ3) is 5.45. The molecule has 0 aromatic heterocycles. The highest BCUT2D eigenvalue weighted by Crippen LogP contribution is 2.27. The fourth-order valence-electron chi connectivity index (χ4n) is 2.94. The second kappa shape index (κ2) is 10.0. The summed E-state index contributed by atoms with van der Waals surface area (Å²) in [5.41, 5.74) is 2.91. The number of carbonyl (C=O) groups excluding carboxylic acids is 1. The number of hydrogen-bond donors (Lipinski definition) is 1. The van der Waals surface area contributed by atoms with E-state index in [9.17, 15) is 4.79 Å². The van der Waals surface area contributed by atoms with Crippen LogP contribution >= 0.6 is 11.6 Å². The molecule has 0 saturated heterocycles. The van der Waals surface area contributed by atoms with Crippen LogP contribution in [0.25, 0.3) is 0 Å². The summed E-state index contributed by atoms with van der Waals surface area (Å²) in [6.45, 7) is 4.64. The largest absolute Gasteiger partial charge is 0.495 e. The fraction of sp³-hybridized carbons (Fsp3) is 0.208. The van der Waals surface area contributed by atoms with E-state index in [1.807, 2.05) is 32.0 Å². The number of ether oxygens (including phenoxy) is 3. The van der Waals surface area contributed by atoms with Gasteiger partial charge in [0, 0.05) is 16.1 Å². The summed E-state index contributed by atoms with van der Waals surface area (Å²) in [6, 6.07) is 18.0. The van der Waals surface area contributed by atoms with Gasteiger partial charge in [-0.25, -0.2) is 0 Å². The quantitative estimate of drug-likeness (QED) is 0.489. The standard InChI is InChI=1S/C24H24ClNO4/c1-4-29-22-12-6-17(14-18(22)15-30-20-9-7-19(25)8-10-20)24(27)26-21-13-16(2)5-11-23(21)28-3/h5-14H,4,15H2,1-3H3,(H,26,27). The van der Waals surface area contributed by atoms with Crippen LogP contribution in [0.3, 0.4) is 0 Å². The first-order valence-electron chi connectivity index (χ1n) is 9.60. The van der Waals surface area contributed by atoms with Gasteiger partial charge in [0.2, 0.25) is 0 Å². The monoisotopic (exact) mass is 425 g/mol. The number of rotatable bonds is 8. The van der Waals surface area contributed by atoms with Crippen molar-refractivity contribution in [1.82, 2.24) is 0 Å². The van der Waals surface area contributed by atoms with Gasteiger partial charge in [0.1, 0.15) is 23.9 Å². The number of halogens is 1. The predicted octanol–water partition coefficient (Wildman–Crippen LogP) is 5.89. The average Bonchev–Trinajstić information content (AvgIpc) is 2.74. The summed E-state index contributed by atoms with van der Waals surface area (Å²) in [5.74, 6) is 1.72. The molecule has 30 heavy (non-hydrogen) atoms. The zero-order chi connectivity index (χ0) is 21.5. The average molecular weight is 426 g/mol. The van der Waals surface area contributed by atoms with Crippen molar-refractivity contribution in [1.29, 1.82) is 0 Å². The van der Waals surface area contributed by atoms with Crippen molar-refractivity contribution in [3.8, 4) is 17.2 Å². The van der Waals surface area contributed by atoms with Crippen LogP contribution in [0.1, 0.15) is 28.4 Å². The molecule has 0 unspecified atom stereocenters. The molecule has 0 spiro atoms. The summed E-state index contributed by atoms with van der Waals surface area (Å²) in [6.07, 6.45) is 0. The van der Waals surface area contributed by atoms with Gasteiger partial charge in [-0.1, -0.05) is 17.7 Å². The molecule has 156 valence electrons. The highest BCUT2D eigenvalue weighted by Gasteiger charge is 2.14. The van der Waals surface area contributed by atoms with E-state index in [-0.39, 0.29) is 12.5 Å².